The van der Waals surface area contributed by atoms with E-state index >= 15 is 0 Å². The molecule has 3 aliphatic rings. The number of cyclic esters (lactones) is 1. The molecule has 0 spiro atoms. The molecule has 2 heterocycles. The van der Waals surface area contributed by atoms with Gasteiger partial charge in [-0.25, -0.2) is 4.79 Å². The summed E-state index contributed by atoms with van der Waals surface area (Å²) >= 11 is 0. The minimum absolute atomic E-state index is 0.0523. The lowest BCUT2D eigenvalue weighted by atomic mass is 9.85. The second kappa shape index (κ2) is 12.3. The zero-order valence-corrected chi connectivity index (χ0v) is 22.0. The van der Waals surface area contributed by atoms with Gasteiger partial charge in [0, 0.05) is 13.0 Å². The van der Waals surface area contributed by atoms with Gasteiger partial charge in [-0.2, -0.15) is 0 Å². The van der Waals surface area contributed by atoms with Crippen molar-refractivity contribution >= 4 is 5.97 Å². The van der Waals surface area contributed by atoms with E-state index in [0.717, 1.165) is 31.3 Å². The highest BCUT2D eigenvalue weighted by atomic mass is 16.8. The summed E-state index contributed by atoms with van der Waals surface area (Å²) in [5, 5.41) is 10.8. The van der Waals surface area contributed by atoms with E-state index in [1.807, 2.05) is 52.0 Å². The third-order valence-electron chi connectivity index (χ3n) is 6.79. The number of carbonyl (C=O) groups is 1. The van der Waals surface area contributed by atoms with E-state index in [0.29, 0.717) is 17.8 Å². The molecule has 0 aromatic rings. The van der Waals surface area contributed by atoms with Gasteiger partial charge in [-0.3, -0.25) is 0 Å². The quantitative estimate of drug-likeness (QED) is 0.320. The van der Waals surface area contributed by atoms with E-state index in [2.05, 4.69) is 6.92 Å². The number of hydrogen-bond donors (Lipinski definition) is 1. The number of allylic oxidation sites excluding steroid dienone is 3. The zero-order valence-electron chi connectivity index (χ0n) is 22.0. The van der Waals surface area contributed by atoms with Gasteiger partial charge in [0.1, 0.15) is 29.6 Å². The molecule has 0 aromatic heterocycles. The third-order valence-corrected chi connectivity index (χ3v) is 6.79. The SMILES string of the molecule is CCCCC1C=C(OCOC)C2=C(/C=C/C[C@@H]3OC(C)(C)O[C@@H]3C(O)/C=C\[C@@H](C)[C@H](C)OC2=O)C1. The summed E-state index contributed by atoms with van der Waals surface area (Å²) in [4.78, 5) is 13.4. The first-order valence-electron chi connectivity index (χ1n) is 12.8. The number of aliphatic hydroxyl groups is 1. The van der Waals surface area contributed by atoms with Crippen molar-refractivity contribution in [1.82, 2.24) is 0 Å². The number of unbranched alkanes of at least 4 members (excludes halogenated alkanes) is 1. The number of aliphatic hydroxyl groups excluding tert-OH is 1. The van der Waals surface area contributed by atoms with Crippen LogP contribution in [0.2, 0.25) is 0 Å². The predicted molar refractivity (Wildman–Crippen MR) is 133 cm³/mol. The van der Waals surface area contributed by atoms with E-state index in [4.69, 9.17) is 23.7 Å². The van der Waals surface area contributed by atoms with Gasteiger partial charge in [-0.1, -0.05) is 51.0 Å². The van der Waals surface area contributed by atoms with E-state index in [9.17, 15) is 9.90 Å². The Balaban J connectivity index is 2.00. The zero-order chi connectivity index (χ0) is 25.6. The summed E-state index contributed by atoms with van der Waals surface area (Å²) in [7, 11) is 1.56. The molecule has 2 aliphatic heterocycles. The highest BCUT2D eigenvalue weighted by Crippen LogP contribution is 2.36. The maximum absolute atomic E-state index is 13.4. The number of esters is 1. The fourth-order valence-corrected chi connectivity index (χ4v) is 4.75. The highest BCUT2D eigenvalue weighted by Gasteiger charge is 2.43. The summed E-state index contributed by atoms with van der Waals surface area (Å²) in [6.45, 7) is 9.75. The number of rotatable bonds is 6. The van der Waals surface area contributed by atoms with Crippen LogP contribution >= 0.6 is 0 Å². The Morgan fingerprint density at radius 2 is 1.97 bits per heavy atom. The molecule has 6 atom stereocenters. The van der Waals surface area contributed by atoms with Crippen LogP contribution in [0.4, 0.5) is 0 Å². The lowest BCUT2D eigenvalue weighted by molar-refractivity contribution is -0.152. The monoisotopic (exact) mass is 490 g/mol. The summed E-state index contributed by atoms with van der Waals surface area (Å²) in [5.74, 6) is -0.533. The van der Waals surface area contributed by atoms with Crippen LogP contribution in [0.5, 0.6) is 0 Å². The first-order valence-corrected chi connectivity index (χ1v) is 12.8. The molecule has 1 fully saturated rings. The van der Waals surface area contributed by atoms with Gasteiger partial charge in [0.25, 0.3) is 0 Å². The predicted octanol–water partition coefficient (Wildman–Crippen LogP) is 4.96. The molecule has 0 radical (unpaired) electrons. The van der Waals surface area contributed by atoms with Crippen LogP contribution in [0.1, 0.15) is 66.7 Å². The Kier molecular flexibility index (Phi) is 9.76. The van der Waals surface area contributed by atoms with Crippen molar-refractivity contribution < 1.29 is 33.6 Å². The van der Waals surface area contributed by atoms with Crippen molar-refractivity contribution in [3.8, 4) is 0 Å². The fraction of sp³-hybridized carbons (Fsp3) is 0.679. The molecule has 2 unspecified atom stereocenters. The average molecular weight is 491 g/mol. The van der Waals surface area contributed by atoms with Gasteiger partial charge in [0.15, 0.2) is 12.6 Å². The van der Waals surface area contributed by atoms with Crippen molar-refractivity contribution in [3.05, 3.63) is 47.3 Å². The van der Waals surface area contributed by atoms with E-state index < -0.39 is 30.1 Å². The maximum Gasteiger partial charge on any atom is 0.342 e. The Labute approximate surface area is 209 Å². The first kappa shape index (κ1) is 27.7. The van der Waals surface area contributed by atoms with Gasteiger partial charge in [0.2, 0.25) is 0 Å². The normalized spacial score (nSPS) is 35.3. The number of ether oxygens (including phenoxy) is 5. The summed E-state index contributed by atoms with van der Waals surface area (Å²) in [6, 6.07) is 0. The lowest BCUT2D eigenvalue weighted by Gasteiger charge is -2.27. The molecule has 1 saturated heterocycles. The Hall–Kier alpha value is -1.93. The number of hydrogen-bond acceptors (Lipinski definition) is 7. The van der Waals surface area contributed by atoms with Crippen molar-refractivity contribution in [2.75, 3.05) is 13.9 Å². The molecule has 0 aromatic carbocycles. The molecule has 0 saturated carbocycles. The fourth-order valence-electron chi connectivity index (χ4n) is 4.75. The van der Waals surface area contributed by atoms with Gasteiger partial charge < -0.3 is 28.8 Å². The number of methoxy groups -OCH3 is 1. The molecular weight excluding hydrogens is 448 g/mol. The molecule has 196 valence electrons. The van der Waals surface area contributed by atoms with E-state index in [1.54, 1.807) is 13.2 Å². The second-order valence-corrected chi connectivity index (χ2v) is 10.2. The Bertz CT molecular complexity index is 853. The Morgan fingerprint density at radius 3 is 2.69 bits per heavy atom. The van der Waals surface area contributed by atoms with Crippen LogP contribution < -0.4 is 0 Å². The van der Waals surface area contributed by atoms with Crippen LogP contribution in [0.3, 0.4) is 0 Å². The van der Waals surface area contributed by atoms with E-state index in [-0.39, 0.29) is 24.7 Å². The smallest absolute Gasteiger partial charge is 0.342 e. The summed E-state index contributed by atoms with van der Waals surface area (Å²) in [6.07, 6.45) is 12.0. The van der Waals surface area contributed by atoms with Gasteiger partial charge in [0.05, 0.1) is 6.10 Å². The molecule has 1 aliphatic carbocycles. The molecule has 0 bridgehead atoms. The number of fused-ring (bicyclic) bond motifs is 1. The van der Waals surface area contributed by atoms with Crippen molar-refractivity contribution in [2.45, 2.75) is 96.9 Å². The maximum atomic E-state index is 13.4. The molecular formula is C28H42O7. The average Bonchev–Trinajstić information content (AvgIpc) is 3.12. The minimum atomic E-state index is -0.830. The van der Waals surface area contributed by atoms with Gasteiger partial charge in [-0.15, -0.1) is 0 Å². The van der Waals surface area contributed by atoms with Crippen molar-refractivity contribution in [3.63, 3.8) is 0 Å². The van der Waals surface area contributed by atoms with Gasteiger partial charge in [-0.05, 0) is 57.6 Å². The highest BCUT2D eigenvalue weighted by molar-refractivity contribution is 5.94. The third kappa shape index (κ3) is 7.29. The topological polar surface area (TPSA) is 83.5 Å². The lowest BCUT2D eigenvalue weighted by Crippen LogP contribution is -2.34. The molecule has 3 rings (SSSR count). The largest absolute Gasteiger partial charge is 0.467 e. The van der Waals surface area contributed by atoms with E-state index in [1.165, 1.54) is 0 Å². The summed E-state index contributed by atoms with van der Waals surface area (Å²) in [5.41, 5.74) is 1.33. The molecule has 1 N–H and O–H groups in total. The molecule has 7 heteroatoms. The van der Waals surface area contributed by atoms with Crippen LogP contribution in [0.25, 0.3) is 0 Å². The molecule has 7 nitrogen and oxygen atoms in total. The summed E-state index contributed by atoms with van der Waals surface area (Å²) < 4.78 is 29.0. The molecule has 35 heavy (non-hydrogen) atoms. The second-order valence-electron chi connectivity index (χ2n) is 10.2. The van der Waals surface area contributed by atoms with Crippen LogP contribution in [0.15, 0.2) is 47.3 Å². The minimum Gasteiger partial charge on any atom is -0.467 e. The number of carbonyl (C=O) groups excluding carboxylic acids is 1. The van der Waals surface area contributed by atoms with Crippen LogP contribution in [-0.4, -0.2) is 55.2 Å². The van der Waals surface area contributed by atoms with Crippen molar-refractivity contribution in [1.29, 1.82) is 0 Å². The first-order chi connectivity index (χ1) is 16.6. The Morgan fingerprint density at radius 1 is 1.20 bits per heavy atom. The van der Waals surface area contributed by atoms with Crippen LogP contribution in [-0.2, 0) is 28.5 Å². The van der Waals surface area contributed by atoms with Crippen molar-refractivity contribution in [2.24, 2.45) is 11.8 Å². The molecule has 0 amide bonds. The van der Waals surface area contributed by atoms with Crippen LogP contribution in [0, 0.1) is 11.8 Å². The standard InChI is InChI=1S/C28H42O7/c1-7-8-10-20-15-21-11-9-12-23-26(35-28(4,5)34-23)22(29)14-13-18(2)19(3)33-27(30)25(21)24(16-20)32-17-31-6/h9,11,13-14,16,18-20,22-23,26,29H,7-8,10,12,15,17H2,1-6H3/b11-9+,14-13-/t18-,19+,20?,22?,23+,26-/m1/s1. The van der Waals surface area contributed by atoms with Gasteiger partial charge >= 0.3 is 5.97 Å².